The van der Waals surface area contributed by atoms with Gasteiger partial charge in [-0.15, -0.1) is 0 Å². The van der Waals surface area contributed by atoms with Crippen molar-refractivity contribution in [3.63, 3.8) is 0 Å². The molecule has 4 nitrogen and oxygen atoms in total. The minimum absolute atomic E-state index is 0.103. The van der Waals surface area contributed by atoms with E-state index in [0.29, 0.717) is 11.5 Å². The Morgan fingerprint density at radius 3 is 2.89 bits per heavy atom. The largest absolute Gasteiger partial charge is 0.466 e. The van der Waals surface area contributed by atoms with E-state index in [0.717, 1.165) is 31.1 Å². The SMILES string of the molecule is CCO[C@H]1[C@H]2CC[C@H]1N(C(=O)c1cc(C)oc1C)C2. The van der Waals surface area contributed by atoms with Crippen LogP contribution in [0.5, 0.6) is 0 Å². The number of carbonyl (C=O) groups is 1. The van der Waals surface area contributed by atoms with E-state index >= 15 is 0 Å². The zero-order chi connectivity index (χ0) is 13.6. The Morgan fingerprint density at radius 2 is 2.26 bits per heavy atom. The summed E-state index contributed by atoms with van der Waals surface area (Å²) >= 11 is 0. The fraction of sp³-hybridized carbons (Fsp3) is 0.667. The molecular formula is C15H21NO3. The van der Waals surface area contributed by atoms with Gasteiger partial charge in [-0.05, 0) is 39.7 Å². The molecule has 0 spiro atoms. The first-order valence-electron chi connectivity index (χ1n) is 7.11. The summed E-state index contributed by atoms with van der Waals surface area (Å²) in [6.45, 7) is 7.31. The number of aryl methyl sites for hydroxylation is 2. The lowest BCUT2D eigenvalue weighted by Gasteiger charge is -2.27. The summed E-state index contributed by atoms with van der Waals surface area (Å²) in [5.41, 5.74) is 0.709. The van der Waals surface area contributed by atoms with Gasteiger partial charge in [-0.2, -0.15) is 0 Å². The molecule has 0 radical (unpaired) electrons. The van der Waals surface area contributed by atoms with Gasteiger partial charge in [0.25, 0.3) is 5.91 Å². The molecule has 2 bridgehead atoms. The first-order valence-corrected chi connectivity index (χ1v) is 7.11. The van der Waals surface area contributed by atoms with Gasteiger partial charge in [0, 0.05) is 19.1 Å². The minimum atomic E-state index is 0.103. The number of hydrogen-bond donors (Lipinski definition) is 0. The van der Waals surface area contributed by atoms with E-state index in [1.165, 1.54) is 6.42 Å². The Balaban J connectivity index is 1.81. The van der Waals surface area contributed by atoms with Gasteiger partial charge in [-0.3, -0.25) is 4.79 Å². The van der Waals surface area contributed by atoms with Crippen LogP contribution in [0.15, 0.2) is 10.5 Å². The summed E-state index contributed by atoms with van der Waals surface area (Å²) in [5.74, 6) is 2.14. The van der Waals surface area contributed by atoms with Crippen LogP contribution in [-0.2, 0) is 4.74 Å². The van der Waals surface area contributed by atoms with Crippen molar-refractivity contribution in [2.45, 2.75) is 45.8 Å². The van der Waals surface area contributed by atoms with Gasteiger partial charge in [-0.25, -0.2) is 0 Å². The van der Waals surface area contributed by atoms with E-state index in [1.807, 2.05) is 31.7 Å². The van der Waals surface area contributed by atoms with E-state index in [-0.39, 0.29) is 18.1 Å². The van der Waals surface area contributed by atoms with Crippen LogP contribution in [-0.4, -0.2) is 36.1 Å². The minimum Gasteiger partial charge on any atom is -0.466 e. The van der Waals surface area contributed by atoms with Gasteiger partial charge in [0.15, 0.2) is 0 Å². The molecule has 2 aliphatic rings. The fourth-order valence-corrected chi connectivity index (χ4v) is 3.61. The number of carbonyl (C=O) groups excluding carboxylic acids is 1. The van der Waals surface area contributed by atoms with Crippen LogP contribution in [0.3, 0.4) is 0 Å². The number of fused-ring (bicyclic) bond motifs is 2. The Morgan fingerprint density at radius 1 is 1.47 bits per heavy atom. The van der Waals surface area contributed by atoms with E-state index < -0.39 is 0 Å². The number of nitrogens with zero attached hydrogens (tertiary/aromatic N) is 1. The highest BCUT2D eigenvalue weighted by molar-refractivity contribution is 5.95. The summed E-state index contributed by atoms with van der Waals surface area (Å²) in [7, 11) is 0. The van der Waals surface area contributed by atoms with Crippen LogP contribution in [0.4, 0.5) is 0 Å². The molecule has 1 aliphatic carbocycles. The van der Waals surface area contributed by atoms with Crippen LogP contribution < -0.4 is 0 Å². The van der Waals surface area contributed by atoms with Crippen LogP contribution >= 0.6 is 0 Å². The molecule has 104 valence electrons. The zero-order valence-electron chi connectivity index (χ0n) is 11.8. The molecular weight excluding hydrogens is 242 g/mol. The molecule has 2 fully saturated rings. The van der Waals surface area contributed by atoms with Gasteiger partial charge in [-0.1, -0.05) is 0 Å². The third-order valence-electron chi connectivity index (χ3n) is 4.40. The number of likely N-dealkylation sites (tertiary alicyclic amines) is 1. The summed E-state index contributed by atoms with van der Waals surface area (Å²) < 4.78 is 11.3. The number of ether oxygens (including phenoxy) is 1. The van der Waals surface area contributed by atoms with Gasteiger partial charge >= 0.3 is 0 Å². The second kappa shape index (κ2) is 4.67. The molecule has 3 rings (SSSR count). The average molecular weight is 263 g/mol. The molecule has 1 saturated heterocycles. The number of furan rings is 1. The van der Waals surface area contributed by atoms with Crippen molar-refractivity contribution in [2.24, 2.45) is 5.92 Å². The Bertz CT molecular complexity index is 494. The predicted molar refractivity (Wildman–Crippen MR) is 71.1 cm³/mol. The summed E-state index contributed by atoms with van der Waals surface area (Å²) in [6, 6.07) is 2.10. The van der Waals surface area contributed by atoms with Gasteiger partial charge in [0.05, 0.1) is 17.7 Å². The quantitative estimate of drug-likeness (QED) is 0.841. The summed E-state index contributed by atoms with van der Waals surface area (Å²) in [6.07, 6.45) is 2.49. The van der Waals surface area contributed by atoms with E-state index in [9.17, 15) is 4.79 Å². The normalized spacial score (nSPS) is 29.2. The van der Waals surface area contributed by atoms with Crippen LogP contribution in [0, 0.1) is 19.8 Å². The second-order valence-corrected chi connectivity index (χ2v) is 5.61. The highest BCUT2D eigenvalue weighted by Crippen LogP contribution is 2.40. The van der Waals surface area contributed by atoms with Crippen LogP contribution in [0.25, 0.3) is 0 Å². The first-order chi connectivity index (χ1) is 9.11. The third-order valence-corrected chi connectivity index (χ3v) is 4.40. The topological polar surface area (TPSA) is 42.7 Å². The van der Waals surface area contributed by atoms with Crippen molar-refractivity contribution >= 4 is 5.91 Å². The average Bonchev–Trinajstić information content (AvgIpc) is 3.02. The number of hydrogen-bond acceptors (Lipinski definition) is 3. The van der Waals surface area contributed by atoms with Crippen LogP contribution in [0.2, 0.25) is 0 Å². The molecule has 1 aromatic heterocycles. The zero-order valence-corrected chi connectivity index (χ0v) is 11.8. The van der Waals surface area contributed by atoms with Gasteiger partial charge in [0.1, 0.15) is 11.5 Å². The van der Waals surface area contributed by atoms with Gasteiger partial charge < -0.3 is 14.1 Å². The molecule has 4 heteroatoms. The Hall–Kier alpha value is -1.29. The lowest BCUT2D eigenvalue weighted by atomic mass is 10.1. The molecule has 0 unspecified atom stereocenters. The predicted octanol–water partition coefficient (Wildman–Crippen LogP) is 2.54. The van der Waals surface area contributed by atoms with E-state index in [4.69, 9.17) is 9.15 Å². The van der Waals surface area contributed by atoms with Crippen molar-refractivity contribution in [3.05, 3.63) is 23.2 Å². The second-order valence-electron chi connectivity index (χ2n) is 5.61. The molecule has 0 aromatic carbocycles. The summed E-state index contributed by atoms with van der Waals surface area (Å²) in [5, 5.41) is 0. The highest BCUT2D eigenvalue weighted by atomic mass is 16.5. The maximum Gasteiger partial charge on any atom is 0.257 e. The molecule has 1 saturated carbocycles. The highest BCUT2D eigenvalue weighted by Gasteiger charge is 2.49. The lowest BCUT2D eigenvalue weighted by Crippen LogP contribution is -2.40. The van der Waals surface area contributed by atoms with Crippen molar-refractivity contribution < 1.29 is 13.9 Å². The molecule has 1 aliphatic heterocycles. The molecule has 1 aromatic rings. The molecule has 0 N–H and O–H groups in total. The fourth-order valence-electron chi connectivity index (χ4n) is 3.61. The van der Waals surface area contributed by atoms with Gasteiger partial charge in [0.2, 0.25) is 0 Å². The number of piperidine rings is 1. The summed E-state index contributed by atoms with van der Waals surface area (Å²) in [4.78, 5) is 14.6. The molecule has 2 heterocycles. The number of amides is 1. The maximum absolute atomic E-state index is 12.6. The molecule has 19 heavy (non-hydrogen) atoms. The third kappa shape index (κ3) is 1.98. The van der Waals surface area contributed by atoms with E-state index in [2.05, 4.69) is 0 Å². The molecule has 3 atom stereocenters. The lowest BCUT2D eigenvalue weighted by molar-refractivity contribution is 0.0332. The standard InChI is InChI=1S/C15H21NO3/c1-4-18-14-11-5-6-13(14)16(8-11)15(17)12-7-9(2)19-10(12)3/h7,11,13-14H,4-6,8H2,1-3H3/t11-,13+,14-/m0/s1. The molecule has 1 amide bonds. The van der Waals surface area contributed by atoms with Crippen LogP contribution in [0.1, 0.15) is 41.6 Å². The van der Waals surface area contributed by atoms with Crippen molar-refractivity contribution in [3.8, 4) is 0 Å². The smallest absolute Gasteiger partial charge is 0.257 e. The first kappa shape index (κ1) is 12.7. The van der Waals surface area contributed by atoms with Crippen molar-refractivity contribution in [1.82, 2.24) is 4.90 Å². The van der Waals surface area contributed by atoms with Crippen molar-refractivity contribution in [1.29, 1.82) is 0 Å². The Labute approximate surface area is 113 Å². The van der Waals surface area contributed by atoms with Crippen molar-refractivity contribution in [2.75, 3.05) is 13.2 Å². The van der Waals surface area contributed by atoms with E-state index in [1.54, 1.807) is 0 Å². The Kier molecular flexibility index (Phi) is 3.13. The number of rotatable bonds is 3. The monoisotopic (exact) mass is 263 g/mol. The maximum atomic E-state index is 12.6.